The van der Waals surface area contributed by atoms with E-state index in [1.54, 1.807) is 19.1 Å². The summed E-state index contributed by atoms with van der Waals surface area (Å²) in [6, 6.07) is 8.67. The Bertz CT molecular complexity index is 1030. The Balaban J connectivity index is 2.46. The van der Waals surface area contributed by atoms with E-state index in [9.17, 15) is 21.6 Å². The van der Waals surface area contributed by atoms with Crippen LogP contribution in [0.1, 0.15) is 18.1 Å². The number of hydrogen-bond donors (Lipinski definition) is 2. The maximum absolute atomic E-state index is 12.9. The molecule has 0 saturated carbocycles. The van der Waals surface area contributed by atoms with Crippen LogP contribution in [0.3, 0.4) is 0 Å². The van der Waals surface area contributed by atoms with Crippen molar-refractivity contribution in [3.63, 3.8) is 0 Å². The highest BCUT2D eigenvalue weighted by atomic mass is 35.5. The first kappa shape index (κ1) is 22.3. The summed E-state index contributed by atoms with van der Waals surface area (Å²) in [5.41, 5.74) is -1.95. The lowest BCUT2D eigenvalue weighted by atomic mass is 10.1. The lowest BCUT2D eigenvalue weighted by Crippen LogP contribution is -2.46. The molecule has 0 atom stereocenters. The van der Waals surface area contributed by atoms with Crippen LogP contribution in [0.2, 0.25) is 10.0 Å². The first-order chi connectivity index (χ1) is 12.8. The molecule has 6 nitrogen and oxygen atoms in total. The van der Waals surface area contributed by atoms with Crippen molar-refractivity contribution in [1.82, 2.24) is 0 Å². The van der Waals surface area contributed by atoms with E-state index in [1.807, 2.05) is 0 Å². The normalized spacial score (nSPS) is 12.8. The van der Waals surface area contributed by atoms with E-state index >= 15 is 0 Å². The Morgan fingerprint density at radius 2 is 1.82 bits per heavy atom. The van der Waals surface area contributed by atoms with Gasteiger partial charge in [0, 0.05) is 10.6 Å². The molecule has 3 N–H and O–H groups in total. The molecule has 12 heteroatoms. The van der Waals surface area contributed by atoms with Crippen molar-refractivity contribution in [1.29, 1.82) is 0 Å². The summed E-state index contributed by atoms with van der Waals surface area (Å²) in [6.45, 7) is 3.16. The minimum atomic E-state index is -5.78. The number of aryl methyl sites for hydroxylation is 1. The number of nitrogens with zero attached hydrogens (tertiary/aromatic N) is 2. The number of nitrogens with one attached hydrogen (secondary N) is 1. The van der Waals surface area contributed by atoms with Gasteiger partial charge in [-0.25, -0.2) is 5.84 Å². The molecule has 0 aliphatic carbocycles. The summed E-state index contributed by atoms with van der Waals surface area (Å²) < 4.78 is 61.6. The van der Waals surface area contributed by atoms with Gasteiger partial charge in [0.05, 0.1) is 22.1 Å². The molecular weight excluding hydrogens is 440 g/mol. The van der Waals surface area contributed by atoms with Gasteiger partial charge in [-0.15, -0.1) is 0 Å². The molecule has 0 aliphatic heterocycles. The van der Waals surface area contributed by atoms with Crippen LogP contribution in [0.4, 0.5) is 24.5 Å². The molecule has 0 fully saturated rings. The Labute approximate surface area is 169 Å². The lowest BCUT2D eigenvalue weighted by Gasteiger charge is -2.23. The van der Waals surface area contributed by atoms with Crippen LogP contribution in [0.25, 0.3) is 0 Å². The van der Waals surface area contributed by atoms with E-state index in [2.05, 4.69) is 10.5 Å². The van der Waals surface area contributed by atoms with Crippen molar-refractivity contribution < 1.29 is 21.6 Å². The van der Waals surface area contributed by atoms with Crippen molar-refractivity contribution in [2.75, 3.05) is 9.84 Å². The lowest BCUT2D eigenvalue weighted by molar-refractivity contribution is -0.0438. The maximum Gasteiger partial charge on any atom is 0.518 e. The molecule has 0 amide bonds. The third-order valence-corrected chi connectivity index (χ3v) is 5.45. The Kier molecular flexibility index (Phi) is 6.49. The van der Waals surface area contributed by atoms with Crippen LogP contribution < -0.4 is 15.7 Å². The Morgan fingerprint density at radius 1 is 1.18 bits per heavy atom. The molecule has 2 aromatic carbocycles. The van der Waals surface area contributed by atoms with Crippen LogP contribution >= 0.6 is 23.2 Å². The SMILES string of the molecule is C/C(=N\Nc1ccc(Cl)cc1Cl)c1cc(C)ccc1N(N)S(=O)(=O)C(F)(F)F. The van der Waals surface area contributed by atoms with E-state index < -0.39 is 15.5 Å². The number of rotatable bonds is 5. The fourth-order valence-electron chi connectivity index (χ4n) is 2.16. The Hall–Kier alpha value is -2.01. The summed E-state index contributed by atoms with van der Waals surface area (Å²) in [7, 11) is -5.78. The number of hydrazine groups is 1. The van der Waals surface area contributed by atoms with Crippen LogP contribution in [-0.4, -0.2) is 19.6 Å². The summed E-state index contributed by atoms with van der Waals surface area (Å²) in [5, 5.41) is 4.75. The molecule has 0 unspecified atom stereocenters. The minimum Gasteiger partial charge on any atom is -0.277 e. The van der Waals surface area contributed by atoms with Gasteiger partial charge in [-0.3, -0.25) is 5.43 Å². The van der Waals surface area contributed by atoms with E-state index in [4.69, 9.17) is 29.0 Å². The van der Waals surface area contributed by atoms with Crippen molar-refractivity contribution in [3.8, 4) is 0 Å². The third kappa shape index (κ3) is 4.69. The number of hydrazone groups is 1. The molecular formula is C16H15Cl2F3N4O2S. The number of nitrogens with two attached hydrogens (primary N) is 1. The number of hydrogen-bond acceptors (Lipinski definition) is 5. The summed E-state index contributed by atoms with van der Waals surface area (Å²) in [4.78, 5) is 0. The van der Waals surface area contributed by atoms with E-state index in [1.165, 1.54) is 31.2 Å². The predicted octanol–water partition coefficient (Wildman–Crippen LogP) is 4.67. The van der Waals surface area contributed by atoms with Gasteiger partial charge in [0.25, 0.3) is 0 Å². The van der Waals surface area contributed by atoms with Crippen LogP contribution in [-0.2, 0) is 10.0 Å². The molecule has 0 aromatic heterocycles. The summed E-state index contributed by atoms with van der Waals surface area (Å²) in [6.07, 6.45) is 0. The monoisotopic (exact) mass is 454 g/mol. The topological polar surface area (TPSA) is 87.8 Å². The average molecular weight is 455 g/mol. The smallest absolute Gasteiger partial charge is 0.277 e. The van der Waals surface area contributed by atoms with Crippen molar-refractivity contribution in [3.05, 3.63) is 57.6 Å². The standard InChI is InChI=1S/C16H15Cl2F3N4O2S/c1-9-3-6-15(25(22)28(26,27)16(19,20)21)12(7-9)10(2)23-24-14-5-4-11(17)8-13(14)18/h3-8,24H,22H2,1-2H3/b23-10+. The quantitative estimate of drug-likeness (QED) is 0.390. The zero-order chi connectivity index (χ0) is 21.3. The summed E-state index contributed by atoms with van der Waals surface area (Å²) >= 11 is 11.8. The average Bonchev–Trinajstić information content (AvgIpc) is 2.59. The Morgan fingerprint density at radius 3 is 2.39 bits per heavy atom. The predicted molar refractivity (Wildman–Crippen MR) is 105 cm³/mol. The molecule has 0 radical (unpaired) electrons. The maximum atomic E-state index is 12.9. The van der Waals surface area contributed by atoms with Crippen molar-refractivity contribution in [2.24, 2.45) is 10.9 Å². The molecule has 28 heavy (non-hydrogen) atoms. The summed E-state index contributed by atoms with van der Waals surface area (Å²) in [5.74, 6) is 5.31. The van der Waals surface area contributed by atoms with E-state index in [-0.39, 0.29) is 26.4 Å². The van der Waals surface area contributed by atoms with Gasteiger partial charge in [0.2, 0.25) is 0 Å². The van der Waals surface area contributed by atoms with Crippen LogP contribution in [0.5, 0.6) is 0 Å². The molecule has 0 spiro atoms. The number of sulfonamides is 1. The number of anilines is 2. The molecule has 2 rings (SSSR count). The molecule has 0 bridgehead atoms. The largest absolute Gasteiger partial charge is 0.518 e. The third-order valence-electron chi connectivity index (χ3n) is 3.61. The molecule has 0 heterocycles. The first-order valence-corrected chi connectivity index (χ1v) is 9.77. The zero-order valence-corrected chi connectivity index (χ0v) is 16.9. The highest BCUT2D eigenvalue weighted by molar-refractivity contribution is 7.93. The first-order valence-electron chi connectivity index (χ1n) is 7.57. The molecule has 0 saturated heterocycles. The molecule has 0 aliphatic rings. The van der Waals surface area contributed by atoms with Crippen LogP contribution in [0, 0.1) is 6.92 Å². The number of halogens is 5. The highest BCUT2D eigenvalue weighted by Gasteiger charge is 2.50. The fraction of sp³-hybridized carbons (Fsp3) is 0.188. The fourth-order valence-corrected chi connectivity index (χ4v) is 3.25. The molecule has 152 valence electrons. The van der Waals surface area contributed by atoms with Gasteiger partial charge in [-0.05, 0) is 44.2 Å². The van der Waals surface area contributed by atoms with Gasteiger partial charge in [0.1, 0.15) is 0 Å². The van der Waals surface area contributed by atoms with Gasteiger partial charge in [0.15, 0.2) is 0 Å². The second-order valence-corrected chi connectivity index (χ2v) is 8.35. The number of benzene rings is 2. The van der Waals surface area contributed by atoms with Gasteiger partial charge >= 0.3 is 15.5 Å². The van der Waals surface area contributed by atoms with Gasteiger partial charge in [-0.1, -0.05) is 34.8 Å². The van der Waals surface area contributed by atoms with E-state index in [0.717, 1.165) is 0 Å². The second kappa shape index (κ2) is 8.16. The minimum absolute atomic E-state index is 0.0907. The number of alkyl halides is 3. The van der Waals surface area contributed by atoms with Gasteiger partial charge < -0.3 is 0 Å². The van der Waals surface area contributed by atoms with Crippen molar-refractivity contribution in [2.45, 2.75) is 19.4 Å². The second-order valence-electron chi connectivity index (χ2n) is 5.70. The van der Waals surface area contributed by atoms with Crippen LogP contribution in [0.15, 0.2) is 41.5 Å². The molecule has 2 aromatic rings. The van der Waals surface area contributed by atoms with Crippen molar-refractivity contribution >= 4 is 50.3 Å². The van der Waals surface area contributed by atoms with Gasteiger partial charge in [-0.2, -0.15) is 31.1 Å². The van der Waals surface area contributed by atoms with E-state index in [0.29, 0.717) is 16.3 Å². The zero-order valence-electron chi connectivity index (χ0n) is 14.6. The highest BCUT2D eigenvalue weighted by Crippen LogP contribution is 2.31.